The van der Waals surface area contributed by atoms with Crippen LogP contribution in [-0.4, -0.2) is 37.2 Å². The third-order valence-electron chi connectivity index (χ3n) is 6.28. The molecular formula is C21H26N4O2. The molecule has 1 aliphatic carbocycles. The summed E-state index contributed by atoms with van der Waals surface area (Å²) in [7, 11) is 0. The standard InChI is InChI=1S/C21H26N4O2/c1-14-3-2-4-16(9-14)10-20(26)25-17-7-8-18(25)13-23-19(11-17)22-24(21(23)27)12-15-5-6-15/h2-4,9,15,17-18H,5-8,10-13H2,1H3. The zero-order chi connectivity index (χ0) is 18.5. The summed E-state index contributed by atoms with van der Waals surface area (Å²) < 4.78 is 3.50. The van der Waals surface area contributed by atoms with Crippen molar-refractivity contribution in [3.63, 3.8) is 0 Å². The Morgan fingerprint density at radius 3 is 2.78 bits per heavy atom. The van der Waals surface area contributed by atoms with Crippen LogP contribution in [0, 0.1) is 12.8 Å². The summed E-state index contributed by atoms with van der Waals surface area (Å²) in [6.07, 6.45) is 5.53. The molecule has 6 nitrogen and oxygen atoms in total. The molecule has 2 bridgehead atoms. The van der Waals surface area contributed by atoms with E-state index >= 15 is 0 Å². The van der Waals surface area contributed by atoms with Crippen molar-refractivity contribution in [2.24, 2.45) is 5.92 Å². The molecule has 1 amide bonds. The van der Waals surface area contributed by atoms with Gasteiger partial charge >= 0.3 is 5.69 Å². The maximum Gasteiger partial charge on any atom is 0.345 e. The van der Waals surface area contributed by atoms with Gasteiger partial charge < -0.3 is 4.90 Å². The minimum absolute atomic E-state index is 0.00975. The van der Waals surface area contributed by atoms with Crippen LogP contribution < -0.4 is 5.69 Å². The van der Waals surface area contributed by atoms with E-state index in [1.165, 1.54) is 18.4 Å². The number of aryl methyl sites for hydroxylation is 1. The molecule has 2 fully saturated rings. The number of amides is 1. The Hall–Kier alpha value is -2.37. The Bertz CT molecular complexity index is 940. The first kappa shape index (κ1) is 16.8. The first-order valence-electron chi connectivity index (χ1n) is 10.1. The van der Waals surface area contributed by atoms with Crippen LogP contribution in [0.4, 0.5) is 0 Å². The van der Waals surface area contributed by atoms with Crippen LogP contribution in [0.1, 0.15) is 42.6 Å². The molecule has 2 atom stereocenters. The van der Waals surface area contributed by atoms with Crippen LogP contribution in [0.3, 0.4) is 0 Å². The van der Waals surface area contributed by atoms with Crippen molar-refractivity contribution in [3.8, 4) is 0 Å². The van der Waals surface area contributed by atoms with E-state index in [0.29, 0.717) is 25.3 Å². The quantitative estimate of drug-likeness (QED) is 0.831. The van der Waals surface area contributed by atoms with Gasteiger partial charge in [-0.1, -0.05) is 29.8 Å². The SMILES string of the molecule is Cc1cccc(CC(=O)N2C3CCC2Cn2c(nn(CC4CC4)c2=O)C3)c1. The van der Waals surface area contributed by atoms with Crippen LogP contribution >= 0.6 is 0 Å². The largest absolute Gasteiger partial charge is 0.345 e. The van der Waals surface area contributed by atoms with Crippen molar-refractivity contribution in [2.45, 2.75) is 70.6 Å². The van der Waals surface area contributed by atoms with E-state index in [9.17, 15) is 9.59 Å². The number of hydrogen-bond donors (Lipinski definition) is 0. The van der Waals surface area contributed by atoms with Crippen LogP contribution in [0.25, 0.3) is 0 Å². The molecule has 6 heteroatoms. The maximum atomic E-state index is 13.1. The highest BCUT2D eigenvalue weighted by atomic mass is 16.2. The van der Waals surface area contributed by atoms with Gasteiger partial charge in [0.25, 0.3) is 0 Å². The van der Waals surface area contributed by atoms with Crippen molar-refractivity contribution in [1.29, 1.82) is 0 Å². The summed E-state index contributed by atoms with van der Waals surface area (Å²) in [6, 6.07) is 8.45. The average Bonchev–Trinajstić information content (AvgIpc) is 3.31. The number of hydrogen-bond acceptors (Lipinski definition) is 3. The molecule has 142 valence electrons. The van der Waals surface area contributed by atoms with Crippen molar-refractivity contribution >= 4 is 5.91 Å². The summed E-state index contributed by atoms with van der Waals surface area (Å²) in [5, 5.41) is 4.63. The van der Waals surface area contributed by atoms with Crippen LogP contribution in [0.15, 0.2) is 29.1 Å². The second-order valence-corrected chi connectivity index (χ2v) is 8.49. The van der Waals surface area contributed by atoms with Crippen molar-refractivity contribution in [3.05, 3.63) is 51.7 Å². The lowest BCUT2D eigenvalue weighted by atomic mass is 10.1. The predicted octanol–water partition coefficient (Wildman–Crippen LogP) is 1.92. The topological polar surface area (TPSA) is 60.1 Å². The fraction of sp³-hybridized carbons (Fsp3) is 0.571. The summed E-state index contributed by atoms with van der Waals surface area (Å²) in [6.45, 7) is 3.40. The van der Waals surface area contributed by atoms with Gasteiger partial charge in [0.15, 0.2) is 0 Å². The maximum absolute atomic E-state index is 13.1. The van der Waals surface area contributed by atoms with E-state index in [0.717, 1.165) is 30.8 Å². The second kappa shape index (κ2) is 6.36. The Morgan fingerprint density at radius 2 is 2.00 bits per heavy atom. The van der Waals surface area contributed by atoms with Gasteiger partial charge in [0.1, 0.15) is 5.82 Å². The van der Waals surface area contributed by atoms with Crippen LogP contribution in [0.2, 0.25) is 0 Å². The number of carbonyl (C=O) groups is 1. The lowest BCUT2D eigenvalue weighted by Crippen LogP contribution is -2.43. The molecule has 3 heterocycles. The van der Waals surface area contributed by atoms with Crippen LogP contribution in [-0.2, 0) is 30.7 Å². The third-order valence-corrected chi connectivity index (χ3v) is 6.28. The van der Waals surface area contributed by atoms with E-state index in [1.54, 1.807) is 4.68 Å². The van der Waals surface area contributed by atoms with Gasteiger partial charge in [0.05, 0.1) is 12.5 Å². The smallest absolute Gasteiger partial charge is 0.334 e. The van der Waals surface area contributed by atoms with E-state index in [4.69, 9.17) is 0 Å². The molecule has 0 spiro atoms. The van der Waals surface area contributed by atoms with E-state index in [-0.39, 0.29) is 23.7 Å². The van der Waals surface area contributed by atoms with Crippen molar-refractivity contribution in [2.75, 3.05) is 0 Å². The van der Waals surface area contributed by atoms with E-state index in [1.807, 2.05) is 16.7 Å². The Balaban J connectivity index is 1.37. The zero-order valence-electron chi connectivity index (χ0n) is 15.8. The van der Waals surface area contributed by atoms with Crippen molar-refractivity contribution in [1.82, 2.24) is 19.2 Å². The number of benzene rings is 1. The highest BCUT2D eigenvalue weighted by molar-refractivity contribution is 5.80. The minimum atomic E-state index is 0.00975. The number of rotatable bonds is 4. The van der Waals surface area contributed by atoms with Gasteiger partial charge in [-0.3, -0.25) is 9.36 Å². The first-order valence-corrected chi connectivity index (χ1v) is 10.1. The van der Waals surface area contributed by atoms with Gasteiger partial charge in [0, 0.05) is 25.6 Å². The molecule has 2 aliphatic heterocycles. The highest BCUT2D eigenvalue weighted by Gasteiger charge is 2.41. The lowest BCUT2D eigenvalue weighted by Gasteiger charge is -2.28. The summed E-state index contributed by atoms with van der Waals surface area (Å²) in [5.74, 6) is 1.67. The molecular weight excluding hydrogens is 340 g/mol. The molecule has 1 saturated heterocycles. The molecule has 1 aromatic heterocycles. The lowest BCUT2D eigenvalue weighted by molar-refractivity contribution is -0.133. The minimum Gasteiger partial charge on any atom is -0.334 e. The van der Waals surface area contributed by atoms with E-state index in [2.05, 4.69) is 29.1 Å². The van der Waals surface area contributed by atoms with Gasteiger partial charge in [-0.2, -0.15) is 5.10 Å². The Morgan fingerprint density at radius 1 is 1.19 bits per heavy atom. The molecule has 5 rings (SSSR count). The molecule has 27 heavy (non-hydrogen) atoms. The fourth-order valence-corrected chi connectivity index (χ4v) is 4.74. The van der Waals surface area contributed by atoms with Crippen molar-refractivity contribution < 1.29 is 4.79 Å². The number of aromatic nitrogens is 3. The number of nitrogens with zero attached hydrogens (tertiary/aromatic N) is 4. The van der Waals surface area contributed by atoms with E-state index < -0.39 is 0 Å². The number of fused-ring (bicyclic) bond motifs is 3. The number of carbonyl (C=O) groups excluding carboxylic acids is 1. The molecule has 3 aliphatic rings. The molecule has 2 aromatic rings. The van der Waals surface area contributed by atoms with Gasteiger partial charge in [-0.25, -0.2) is 9.48 Å². The summed E-state index contributed by atoms with van der Waals surface area (Å²) >= 11 is 0. The Labute approximate surface area is 158 Å². The third kappa shape index (κ3) is 3.11. The fourth-order valence-electron chi connectivity index (χ4n) is 4.74. The highest BCUT2D eigenvalue weighted by Crippen LogP contribution is 2.32. The zero-order valence-corrected chi connectivity index (χ0v) is 15.8. The monoisotopic (exact) mass is 366 g/mol. The second-order valence-electron chi connectivity index (χ2n) is 8.49. The summed E-state index contributed by atoms with van der Waals surface area (Å²) in [4.78, 5) is 27.9. The summed E-state index contributed by atoms with van der Waals surface area (Å²) in [5.41, 5.74) is 2.25. The molecule has 1 aromatic carbocycles. The molecule has 1 saturated carbocycles. The molecule has 0 radical (unpaired) electrons. The Kier molecular flexibility index (Phi) is 3.95. The molecule has 2 unspecified atom stereocenters. The van der Waals surface area contributed by atoms with Gasteiger partial charge in [-0.05, 0) is 44.1 Å². The average molecular weight is 366 g/mol. The van der Waals surface area contributed by atoms with Gasteiger partial charge in [-0.15, -0.1) is 0 Å². The van der Waals surface area contributed by atoms with Gasteiger partial charge in [0.2, 0.25) is 5.91 Å². The van der Waals surface area contributed by atoms with Crippen LogP contribution in [0.5, 0.6) is 0 Å². The predicted molar refractivity (Wildman–Crippen MR) is 101 cm³/mol. The molecule has 0 N–H and O–H groups in total. The first-order chi connectivity index (χ1) is 13.1. The normalized spacial score (nSPS) is 24.0.